The lowest BCUT2D eigenvalue weighted by molar-refractivity contribution is 0.939. The Kier molecular flexibility index (Phi) is 4.57. The molecule has 0 radical (unpaired) electrons. The third-order valence-electron chi connectivity index (χ3n) is 4.69. The highest BCUT2D eigenvalue weighted by molar-refractivity contribution is 5.41. The van der Waals surface area contributed by atoms with Crippen molar-refractivity contribution in [3.63, 3.8) is 0 Å². The number of benzene rings is 2. The highest BCUT2D eigenvalue weighted by Crippen LogP contribution is 2.22. The van der Waals surface area contributed by atoms with Crippen molar-refractivity contribution in [1.82, 2.24) is 4.98 Å². The fraction of sp³-hybridized carbons (Fsp3) is 0.227. The average Bonchev–Trinajstić information content (AvgIpc) is 2.59. The van der Waals surface area contributed by atoms with E-state index >= 15 is 0 Å². The maximum atomic E-state index is 5.02. The van der Waals surface area contributed by atoms with Gasteiger partial charge in [-0.25, -0.2) is 0 Å². The second kappa shape index (κ2) is 6.78. The molecule has 0 aliphatic heterocycles. The van der Waals surface area contributed by atoms with Gasteiger partial charge in [-0.2, -0.15) is 0 Å². The molecule has 0 unspecified atom stereocenters. The third kappa shape index (κ3) is 3.50. The largest absolute Gasteiger partial charge is 0.257 e. The van der Waals surface area contributed by atoms with Gasteiger partial charge in [-0.3, -0.25) is 4.98 Å². The topological polar surface area (TPSA) is 12.9 Å². The maximum Gasteiger partial charge on any atom is 0.0482 e. The summed E-state index contributed by atoms with van der Waals surface area (Å²) >= 11 is 0. The molecular formula is C22H23N. The molecule has 0 aliphatic rings. The summed E-state index contributed by atoms with van der Waals surface area (Å²) < 4.78 is 0. The fourth-order valence-corrected chi connectivity index (χ4v) is 2.97. The van der Waals surface area contributed by atoms with E-state index in [0.717, 1.165) is 12.8 Å². The molecule has 0 atom stereocenters. The minimum absolute atomic E-state index is 0.898. The molecular weight excluding hydrogens is 278 g/mol. The molecule has 0 bridgehead atoms. The van der Waals surface area contributed by atoms with E-state index in [2.05, 4.69) is 81.4 Å². The Morgan fingerprint density at radius 3 is 1.35 bits per heavy atom. The van der Waals surface area contributed by atoms with Crippen molar-refractivity contribution < 1.29 is 0 Å². The van der Waals surface area contributed by atoms with Crippen molar-refractivity contribution >= 4 is 0 Å². The molecule has 3 aromatic rings. The Morgan fingerprint density at radius 2 is 0.957 bits per heavy atom. The Balaban J connectivity index is 1.97. The average molecular weight is 301 g/mol. The van der Waals surface area contributed by atoms with Gasteiger partial charge in [0.05, 0.1) is 0 Å². The minimum Gasteiger partial charge on any atom is -0.257 e. The van der Waals surface area contributed by atoms with Gasteiger partial charge in [0.2, 0.25) is 0 Å². The molecule has 3 rings (SSSR count). The van der Waals surface area contributed by atoms with Crippen LogP contribution in [0.15, 0.2) is 60.7 Å². The molecule has 23 heavy (non-hydrogen) atoms. The smallest absolute Gasteiger partial charge is 0.0482 e. The van der Waals surface area contributed by atoms with Crippen LogP contribution in [-0.2, 0) is 12.8 Å². The Bertz CT molecular complexity index is 723. The van der Waals surface area contributed by atoms with Crippen LogP contribution in [0.25, 0.3) is 0 Å². The second-order valence-electron chi connectivity index (χ2n) is 6.20. The van der Waals surface area contributed by atoms with Gasteiger partial charge in [0.25, 0.3) is 0 Å². The van der Waals surface area contributed by atoms with Crippen molar-refractivity contribution in [3.05, 3.63) is 99.9 Å². The first-order valence-corrected chi connectivity index (χ1v) is 8.18. The summed E-state index contributed by atoms with van der Waals surface area (Å²) in [4.78, 5) is 5.02. The normalized spacial score (nSPS) is 10.7. The lowest BCUT2D eigenvalue weighted by atomic mass is 9.95. The molecule has 1 aromatic heterocycles. The zero-order valence-electron chi connectivity index (χ0n) is 14.1. The van der Waals surface area contributed by atoms with Crippen molar-refractivity contribution in [1.29, 1.82) is 0 Å². The predicted molar refractivity (Wildman–Crippen MR) is 96.9 cm³/mol. The second-order valence-corrected chi connectivity index (χ2v) is 6.20. The van der Waals surface area contributed by atoms with Crippen LogP contribution in [-0.4, -0.2) is 4.98 Å². The van der Waals surface area contributed by atoms with Gasteiger partial charge in [-0.1, -0.05) is 60.7 Å². The number of rotatable bonds is 4. The zero-order chi connectivity index (χ0) is 16.2. The summed E-state index contributed by atoms with van der Waals surface area (Å²) in [5.41, 5.74) is 9.05. The molecule has 1 nitrogen and oxygen atoms in total. The van der Waals surface area contributed by atoms with Gasteiger partial charge in [-0.05, 0) is 48.6 Å². The van der Waals surface area contributed by atoms with Crippen LogP contribution in [0.4, 0.5) is 0 Å². The number of nitrogens with zero attached hydrogens (tertiary/aromatic N) is 1. The molecule has 1 heteroatoms. The van der Waals surface area contributed by atoms with Crippen LogP contribution < -0.4 is 0 Å². The van der Waals surface area contributed by atoms with E-state index in [9.17, 15) is 0 Å². The number of hydrogen-bond acceptors (Lipinski definition) is 1. The van der Waals surface area contributed by atoms with E-state index in [1.54, 1.807) is 0 Å². The summed E-state index contributed by atoms with van der Waals surface area (Å²) in [6, 6.07) is 21.2. The molecule has 2 aromatic carbocycles. The quantitative estimate of drug-likeness (QED) is 0.646. The minimum atomic E-state index is 0.898. The highest BCUT2D eigenvalue weighted by atomic mass is 14.7. The van der Waals surface area contributed by atoms with E-state index < -0.39 is 0 Å². The monoisotopic (exact) mass is 301 g/mol. The molecule has 1 heterocycles. The van der Waals surface area contributed by atoms with Crippen LogP contribution in [0.5, 0.6) is 0 Å². The molecule has 0 saturated carbocycles. The zero-order valence-corrected chi connectivity index (χ0v) is 14.1. The number of hydrogen-bond donors (Lipinski definition) is 0. The van der Waals surface area contributed by atoms with Gasteiger partial charge in [0, 0.05) is 24.2 Å². The molecule has 0 N–H and O–H groups in total. The molecule has 0 spiro atoms. The molecule has 0 aliphatic carbocycles. The van der Waals surface area contributed by atoms with Crippen molar-refractivity contribution in [2.45, 2.75) is 33.6 Å². The van der Waals surface area contributed by atoms with Gasteiger partial charge < -0.3 is 0 Å². The van der Waals surface area contributed by atoms with E-state index in [4.69, 9.17) is 4.98 Å². The van der Waals surface area contributed by atoms with E-state index in [0.29, 0.717) is 0 Å². The van der Waals surface area contributed by atoms with Gasteiger partial charge >= 0.3 is 0 Å². The summed E-state index contributed by atoms with van der Waals surface area (Å²) in [5.74, 6) is 0. The Morgan fingerprint density at radius 1 is 0.565 bits per heavy atom. The summed E-state index contributed by atoms with van der Waals surface area (Å²) in [6.07, 6.45) is 1.80. The first-order chi connectivity index (χ1) is 11.1. The molecule has 0 saturated heterocycles. The maximum absolute atomic E-state index is 5.02. The van der Waals surface area contributed by atoms with Crippen LogP contribution in [0.3, 0.4) is 0 Å². The Hall–Kier alpha value is -2.41. The van der Waals surface area contributed by atoms with E-state index in [1.165, 1.54) is 39.2 Å². The molecule has 0 amide bonds. The lowest BCUT2D eigenvalue weighted by Gasteiger charge is -2.15. The highest BCUT2D eigenvalue weighted by Gasteiger charge is 2.12. The van der Waals surface area contributed by atoms with Crippen LogP contribution in [0.1, 0.15) is 39.2 Å². The van der Waals surface area contributed by atoms with Crippen LogP contribution in [0, 0.1) is 20.8 Å². The number of aromatic nitrogens is 1. The van der Waals surface area contributed by atoms with Crippen molar-refractivity contribution in [3.8, 4) is 0 Å². The van der Waals surface area contributed by atoms with Gasteiger partial charge in [-0.15, -0.1) is 0 Å². The van der Waals surface area contributed by atoms with Crippen LogP contribution >= 0.6 is 0 Å². The van der Waals surface area contributed by atoms with Crippen molar-refractivity contribution in [2.24, 2.45) is 0 Å². The van der Waals surface area contributed by atoms with Crippen LogP contribution in [0.2, 0.25) is 0 Å². The standard InChI is InChI=1S/C22H23N/c1-16-17(2)21(14-19-10-6-4-7-11-19)23-22(18(16)3)15-20-12-8-5-9-13-20/h4-13H,14-15H2,1-3H3. The number of pyridine rings is 1. The van der Waals surface area contributed by atoms with Crippen molar-refractivity contribution in [2.75, 3.05) is 0 Å². The first kappa shape index (κ1) is 15.5. The SMILES string of the molecule is Cc1c(Cc2ccccc2)nc(Cc2ccccc2)c(C)c1C. The van der Waals surface area contributed by atoms with Gasteiger partial charge in [0.15, 0.2) is 0 Å². The van der Waals surface area contributed by atoms with E-state index in [-0.39, 0.29) is 0 Å². The molecule has 0 fully saturated rings. The third-order valence-corrected chi connectivity index (χ3v) is 4.69. The summed E-state index contributed by atoms with van der Waals surface area (Å²) in [7, 11) is 0. The molecule has 116 valence electrons. The summed E-state index contributed by atoms with van der Waals surface area (Å²) in [5, 5.41) is 0. The predicted octanol–water partition coefficient (Wildman–Crippen LogP) is 5.19. The van der Waals surface area contributed by atoms with E-state index in [1.807, 2.05) is 0 Å². The lowest BCUT2D eigenvalue weighted by Crippen LogP contribution is -2.06. The fourth-order valence-electron chi connectivity index (χ4n) is 2.97. The van der Waals surface area contributed by atoms with Gasteiger partial charge in [0.1, 0.15) is 0 Å². The summed E-state index contributed by atoms with van der Waals surface area (Å²) in [6.45, 7) is 6.61. The Labute approximate surface area is 139 Å². The first-order valence-electron chi connectivity index (χ1n) is 8.18.